The lowest BCUT2D eigenvalue weighted by molar-refractivity contribution is -0.120. The summed E-state index contributed by atoms with van der Waals surface area (Å²) >= 11 is 0. The Morgan fingerprint density at radius 1 is 1.25 bits per heavy atom. The Morgan fingerprint density at radius 2 is 1.88 bits per heavy atom. The molecule has 1 saturated carbocycles. The van der Waals surface area contributed by atoms with Crippen molar-refractivity contribution >= 4 is 5.91 Å². The molecule has 0 aromatic carbocycles. The van der Waals surface area contributed by atoms with Crippen LogP contribution in [0.25, 0.3) is 0 Å². The van der Waals surface area contributed by atoms with Gasteiger partial charge >= 0.3 is 0 Å². The molecular formula is C13H26N2O. The molecule has 2 N–H and O–H groups in total. The van der Waals surface area contributed by atoms with E-state index in [1.807, 2.05) is 0 Å². The van der Waals surface area contributed by atoms with Gasteiger partial charge in [-0.05, 0) is 18.3 Å². The maximum Gasteiger partial charge on any atom is 0.233 e. The molecule has 1 rings (SSSR count). The van der Waals surface area contributed by atoms with Crippen LogP contribution < -0.4 is 10.6 Å². The zero-order valence-corrected chi connectivity index (χ0v) is 10.9. The zero-order chi connectivity index (χ0) is 12.0. The molecule has 0 saturated heterocycles. The number of rotatable bonds is 5. The first-order valence-electron chi connectivity index (χ1n) is 6.52. The molecule has 1 aliphatic rings. The Hall–Kier alpha value is -0.570. The first-order valence-corrected chi connectivity index (χ1v) is 6.52. The summed E-state index contributed by atoms with van der Waals surface area (Å²) in [6, 6.07) is 0.371. The fourth-order valence-corrected chi connectivity index (χ4v) is 2.25. The molecule has 3 nitrogen and oxygen atoms in total. The van der Waals surface area contributed by atoms with Crippen LogP contribution in [0.3, 0.4) is 0 Å². The Bertz CT molecular complexity index is 220. The average Bonchev–Trinajstić information content (AvgIpc) is 2.25. The van der Waals surface area contributed by atoms with Crippen molar-refractivity contribution in [2.75, 3.05) is 13.1 Å². The Kier molecular flexibility index (Phi) is 5.26. The van der Waals surface area contributed by atoms with E-state index in [1.54, 1.807) is 0 Å². The Balaban J connectivity index is 2.19. The lowest BCUT2D eigenvalue weighted by Gasteiger charge is -2.33. The molecule has 0 aromatic heterocycles. The van der Waals surface area contributed by atoms with Crippen molar-refractivity contribution in [3.05, 3.63) is 0 Å². The van der Waals surface area contributed by atoms with Crippen LogP contribution in [0, 0.1) is 5.41 Å². The van der Waals surface area contributed by atoms with Gasteiger partial charge in [0.1, 0.15) is 0 Å². The van der Waals surface area contributed by atoms with Crippen LogP contribution >= 0.6 is 0 Å². The molecule has 0 unspecified atom stereocenters. The molecule has 3 heteroatoms. The van der Waals surface area contributed by atoms with Crippen molar-refractivity contribution in [1.29, 1.82) is 0 Å². The van der Waals surface area contributed by atoms with E-state index < -0.39 is 0 Å². The second-order valence-electron chi connectivity index (χ2n) is 5.68. The fraction of sp³-hybridized carbons (Fsp3) is 0.923. The SMILES string of the molecule is CC(C)NCC(=O)NCC1(C)CCCCC1. The molecule has 0 radical (unpaired) electrons. The minimum atomic E-state index is 0.125. The van der Waals surface area contributed by atoms with Crippen molar-refractivity contribution in [3.63, 3.8) is 0 Å². The average molecular weight is 226 g/mol. The van der Waals surface area contributed by atoms with Crippen LogP contribution in [0.1, 0.15) is 52.9 Å². The van der Waals surface area contributed by atoms with Gasteiger partial charge in [-0.2, -0.15) is 0 Å². The smallest absolute Gasteiger partial charge is 0.233 e. The maximum absolute atomic E-state index is 11.6. The largest absolute Gasteiger partial charge is 0.354 e. The molecule has 1 amide bonds. The minimum absolute atomic E-state index is 0.125. The van der Waals surface area contributed by atoms with Crippen LogP contribution in [0.2, 0.25) is 0 Å². The third kappa shape index (κ3) is 4.97. The Labute approximate surface area is 99.4 Å². The van der Waals surface area contributed by atoms with Gasteiger partial charge < -0.3 is 10.6 Å². The second kappa shape index (κ2) is 6.24. The fourth-order valence-electron chi connectivity index (χ4n) is 2.25. The van der Waals surface area contributed by atoms with E-state index in [-0.39, 0.29) is 5.91 Å². The topological polar surface area (TPSA) is 41.1 Å². The van der Waals surface area contributed by atoms with Crippen molar-refractivity contribution in [2.45, 2.75) is 58.9 Å². The van der Waals surface area contributed by atoms with Gasteiger partial charge in [-0.15, -0.1) is 0 Å². The normalized spacial score (nSPS) is 19.8. The zero-order valence-electron chi connectivity index (χ0n) is 10.9. The van der Waals surface area contributed by atoms with E-state index in [0.717, 1.165) is 6.54 Å². The summed E-state index contributed by atoms with van der Waals surface area (Å²) in [5.74, 6) is 0.125. The van der Waals surface area contributed by atoms with Gasteiger partial charge in [-0.3, -0.25) is 4.79 Å². The van der Waals surface area contributed by atoms with Gasteiger partial charge in [0.2, 0.25) is 5.91 Å². The van der Waals surface area contributed by atoms with Gasteiger partial charge in [-0.1, -0.05) is 40.0 Å². The molecule has 1 aliphatic carbocycles. The van der Waals surface area contributed by atoms with Gasteiger partial charge in [0.15, 0.2) is 0 Å². The number of amides is 1. The second-order valence-corrected chi connectivity index (χ2v) is 5.68. The summed E-state index contributed by atoms with van der Waals surface area (Å²) in [6.07, 6.45) is 6.50. The van der Waals surface area contributed by atoms with Gasteiger partial charge in [-0.25, -0.2) is 0 Å². The Morgan fingerprint density at radius 3 is 2.44 bits per heavy atom. The first kappa shape index (κ1) is 13.5. The number of hydrogen-bond donors (Lipinski definition) is 2. The predicted octanol–water partition coefficient (Wildman–Crippen LogP) is 2.07. The molecule has 0 aliphatic heterocycles. The van der Waals surface area contributed by atoms with E-state index in [1.165, 1.54) is 32.1 Å². The quantitative estimate of drug-likeness (QED) is 0.753. The number of nitrogens with one attached hydrogen (secondary N) is 2. The summed E-state index contributed by atoms with van der Waals surface area (Å²) < 4.78 is 0. The molecule has 0 heterocycles. The predicted molar refractivity (Wildman–Crippen MR) is 67.3 cm³/mol. The van der Waals surface area contributed by atoms with E-state index in [0.29, 0.717) is 18.0 Å². The first-order chi connectivity index (χ1) is 7.52. The molecule has 0 atom stereocenters. The van der Waals surface area contributed by atoms with Crippen molar-refractivity contribution in [2.24, 2.45) is 5.41 Å². The summed E-state index contributed by atoms with van der Waals surface area (Å²) in [5.41, 5.74) is 0.339. The number of hydrogen-bond acceptors (Lipinski definition) is 2. The highest BCUT2D eigenvalue weighted by Gasteiger charge is 2.26. The highest BCUT2D eigenvalue weighted by atomic mass is 16.1. The lowest BCUT2D eigenvalue weighted by Crippen LogP contribution is -2.42. The van der Waals surface area contributed by atoms with E-state index in [4.69, 9.17) is 0 Å². The third-order valence-corrected chi connectivity index (χ3v) is 3.44. The van der Waals surface area contributed by atoms with E-state index >= 15 is 0 Å². The van der Waals surface area contributed by atoms with Crippen LogP contribution in [-0.4, -0.2) is 25.0 Å². The van der Waals surface area contributed by atoms with Crippen LogP contribution in [-0.2, 0) is 4.79 Å². The molecule has 0 bridgehead atoms. The summed E-state index contributed by atoms with van der Waals surface area (Å²) in [6.45, 7) is 7.67. The summed E-state index contributed by atoms with van der Waals surface area (Å²) in [5, 5.41) is 6.18. The lowest BCUT2D eigenvalue weighted by atomic mass is 9.76. The molecule has 0 spiro atoms. The van der Waals surface area contributed by atoms with Gasteiger partial charge in [0.05, 0.1) is 6.54 Å². The van der Waals surface area contributed by atoms with Crippen molar-refractivity contribution in [1.82, 2.24) is 10.6 Å². The standard InChI is InChI=1S/C13H26N2O/c1-11(2)14-9-12(16)15-10-13(3)7-5-4-6-8-13/h11,14H,4-10H2,1-3H3,(H,15,16). The van der Waals surface area contributed by atoms with Crippen molar-refractivity contribution < 1.29 is 4.79 Å². The van der Waals surface area contributed by atoms with Crippen LogP contribution in [0.5, 0.6) is 0 Å². The molecule has 0 aromatic rings. The highest BCUT2D eigenvalue weighted by Crippen LogP contribution is 2.34. The van der Waals surface area contributed by atoms with E-state index in [2.05, 4.69) is 31.4 Å². The van der Waals surface area contributed by atoms with Gasteiger partial charge in [0, 0.05) is 12.6 Å². The van der Waals surface area contributed by atoms with Gasteiger partial charge in [0.25, 0.3) is 0 Å². The van der Waals surface area contributed by atoms with Crippen LogP contribution in [0.4, 0.5) is 0 Å². The molecule has 16 heavy (non-hydrogen) atoms. The minimum Gasteiger partial charge on any atom is -0.354 e. The monoisotopic (exact) mass is 226 g/mol. The molecular weight excluding hydrogens is 200 g/mol. The van der Waals surface area contributed by atoms with Crippen molar-refractivity contribution in [3.8, 4) is 0 Å². The maximum atomic E-state index is 11.6. The third-order valence-electron chi connectivity index (χ3n) is 3.44. The molecule has 1 fully saturated rings. The number of carbonyl (C=O) groups excluding carboxylic acids is 1. The van der Waals surface area contributed by atoms with Crippen LogP contribution in [0.15, 0.2) is 0 Å². The summed E-state index contributed by atoms with van der Waals surface area (Å²) in [4.78, 5) is 11.6. The van der Waals surface area contributed by atoms with E-state index in [9.17, 15) is 4.79 Å². The molecule has 94 valence electrons. The number of carbonyl (C=O) groups is 1. The highest BCUT2D eigenvalue weighted by molar-refractivity contribution is 5.78. The summed E-state index contributed by atoms with van der Waals surface area (Å²) in [7, 11) is 0.